The van der Waals surface area contributed by atoms with Crippen LogP contribution in [0.2, 0.25) is 5.02 Å². The first-order valence-corrected chi connectivity index (χ1v) is 12.1. The Kier molecular flexibility index (Phi) is 6.12. The number of rotatable bonds is 6. The zero-order valence-corrected chi connectivity index (χ0v) is 20.7. The van der Waals surface area contributed by atoms with Crippen LogP contribution in [0.5, 0.6) is 5.75 Å². The van der Waals surface area contributed by atoms with E-state index in [0.717, 1.165) is 28.7 Å². The minimum atomic E-state index is -0.607. The Hall–Kier alpha value is -3.57. The lowest BCUT2D eigenvalue weighted by Crippen LogP contribution is -2.29. The highest BCUT2D eigenvalue weighted by Gasteiger charge is 2.43. The van der Waals surface area contributed by atoms with Crippen LogP contribution in [0.3, 0.4) is 0 Å². The summed E-state index contributed by atoms with van der Waals surface area (Å²) in [7, 11) is 0. The van der Waals surface area contributed by atoms with Crippen LogP contribution in [0.25, 0.3) is 11.0 Å². The number of nitrogens with zero attached hydrogens (tertiary/aromatic N) is 1. The number of ether oxygens (including phenoxy) is 1. The van der Waals surface area contributed by atoms with Crippen LogP contribution >= 0.6 is 11.6 Å². The minimum absolute atomic E-state index is 0.0845. The number of carbonyl (C=O) groups excluding carboxylic acids is 1. The van der Waals surface area contributed by atoms with Crippen molar-refractivity contribution >= 4 is 28.5 Å². The fraction of sp³-hybridized carbons (Fsp3) is 0.241. The van der Waals surface area contributed by atoms with Gasteiger partial charge in [0.15, 0.2) is 5.43 Å². The molecule has 1 aliphatic heterocycles. The van der Waals surface area contributed by atoms with Crippen LogP contribution in [-0.2, 0) is 6.54 Å². The van der Waals surface area contributed by atoms with E-state index in [4.69, 9.17) is 20.8 Å². The zero-order chi connectivity index (χ0) is 24.7. The molecule has 1 aliphatic rings. The van der Waals surface area contributed by atoms with Gasteiger partial charge in [-0.25, -0.2) is 0 Å². The van der Waals surface area contributed by atoms with E-state index in [2.05, 4.69) is 0 Å². The lowest BCUT2D eigenvalue weighted by atomic mass is 9.97. The first-order chi connectivity index (χ1) is 16.9. The topological polar surface area (TPSA) is 59.8 Å². The molecule has 1 aromatic heterocycles. The second kappa shape index (κ2) is 9.23. The maximum Gasteiger partial charge on any atom is 0.291 e. The fourth-order valence-electron chi connectivity index (χ4n) is 4.53. The van der Waals surface area contributed by atoms with Gasteiger partial charge in [-0.15, -0.1) is 0 Å². The third-order valence-electron chi connectivity index (χ3n) is 6.37. The summed E-state index contributed by atoms with van der Waals surface area (Å²) in [5.41, 5.74) is 4.13. The van der Waals surface area contributed by atoms with Crippen molar-refractivity contribution in [2.24, 2.45) is 0 Å². The molecule has 5 nitrogen and oxygen atoms in total. The van der Waals surface area contributed by atoms with Crippen molar-refractivity contribution in [2.45, 2.75) is 39.8 Å². The summed E-state index contributed by atoms with van der Waals surface area (Å²) in [4.78, 5) is 29.2. The predicted octanol–water partition coefficient (Wildman–Crippen LogP) is 6.60. The minimum Gasteiger partial charge on any atom is -0.494 e. The molecule has 6 heteroatoms. The van der Waals surface area contributed by atoms with Gasteiger partial charge < -0.3 is 14.1 Å². The van der Waals surface area contributed by atoms with Gasteiger partial charge in [-0.3, -0.25) is 9.59 Å². The Balaban J connectivity index is 1.69. The van der Waals surface area contributed by atoms with E-state index in [0.29, 0.717) is 40.5 Å². The Morgan fingerprint density at radius 1 is 1.03 bits per heavy atom. The van der Waals surface area contributed by atoms with Crippen LogP contribution in [0, 0.1) is 13.8 Å². The molecule has 0 aliphatic carbocycles. The number of carbonyl (C=O) groups is 1. The maximum atomic E-state index is 13.8. The highest BCUT2D eigenvalue weighted by atomic mass is 35.5. The van der Waals surface area contributed by atoms with E-state index in [9.17, 15) is 9.59 Å². The van der Waals surface area contributed by atoms with Crippen LogP contribution in [0.15, 0.2) is 69.9 Å². The van der Waals surface area contributed by atoms with E-state index < -0.39 is 6.04 Å². The van der Waals surface area contributed by atoms with E-state index in [-0.39, 0.29) is 17.1 Å². The number of halogens is 1. The SMILES string of the molecule is CCCOc1cccc(C2c3c(oc4cc(C)c(Cl)cc4c3=O)C(=O)N2Cc2ccc(C)cc2)c1. The molecule has 0 saturated heterocycles. The highest BCUT2D eigenvalue weighted by Crippen LogP contribution is 2.40. The average Bonchev–Trinajstić information content (AvgIpc) is 3.12. The number of hydrogen-bond acceptors (Lipinski definition) is 4. The molecule has 1 atom stereocenters. The molecule has 3 aromatic carbocycles. The van der Waals surface area contributed by atoms with Crippen LogP contribution in [0.4, 0.5) is 0 Å². The molecule has 35 heavy (non-hydrogen) atoms. The van der Waals surface area contributed by atoms with Crippen molar-refractivity contribution in [3.63, 3.8) is 0 Å². The van der Waals surface area contributed by atoms with Crippen molar-refractivity contribution in [3.05, 3.63) is 109 Å². The maximum absolute atomic E-state index is 13.8. The highest BCUT2D eigenvalue weighted by molar-refractivity contribution is 6.32. The summed E-state index contributed by atoms with van der Waals surface area (Å²) < 4.78 is 11.9. The molecule has 1 unspecified atom stereocenters. The summed E-state index contributed by atoms with van der Waals surface area (Å²) in [6.07, 6.45) is 0.879. The third-order valence-corrected chi connectivity index (χ3v) is 6.77. The van der Waals surface area contributed by atoms with Crippen LogP contribution in [-0.4, -0.2) is 17.4 Å². The molecule has 2 heterocycles. The third kappa shape index (κ3) is 4.21. The summed E-state index contributed by atoms with van der Waals surface area (Å²) in [6.45, 7) is 6.82. The summed E-state index contributed by atoms with van der Waals surface area (Å²) in [6, 6.07) is 18.3. The largest absolute Gasteiger partial charge is 0.494 e. The van der Waals surface area contributed by atoms with Crippen molar-refractivity contribution in [1.29, 1.82) is 0 Å². The van der Waals surface area contributed by atoms with Crippen LogP contribution in [0.1, 0.15) is 57.8 Å². The number of aryl methyl sites for hydroxylation is 2. The molecule has 0 spiro atoms. The lowest BCUT2D eigenvalue weighted by Gasteiger charge is -2.25. The van der Waals surface area contributed by atoms with E-state index >= 15 is 0 Å². The average molecular weight is 488 g/mol. The molecule has 0 bridgehead atoms. The quantitative estimate of drug-likeness (QED) is 0.307. The second-order valence-electron chi connectivity index (χ2n) is 9.01. The van der Waals surface area contributed by atoms with Gasteiger partial charge in [0, 0.05) is 11.6 Å². The van der Waals surface area contributed by atoms with Gasteiger partial charge in [0.1, 0.15) is 11.3 Å². The van der Waals surface area contributed by atoms with Gasteiger partial charge in [-0.1, -0.05) is 60.5 Å². The Morgan fingerprint density at radius 2 is 1.80 bits per heavy atom. The normalized spacial score (nSPS) is 15.0. The molecular formula is C29H26ClNO4. The lowest BCUT2D eigenvalue weighted by molar-refractivity contribution is 0.0714. The Labute approximate surface area is 208 Å². The molecule has 0 N–H and O–H groups in total. The van der Waals surface area contributed by atoms with E-state index in [1.165, 1.54) is 0 Å². The van der Waals surface area contributed by atoms with Crippen molar-refractivity contribution in [3.8, 4) is 5.75 Å². The molecule has 178 valence electrons. The molecular weight excluding hydrogens is 462 g/mol. The van der Waals surface area contributed by atoms with Gasteiger partial charge in [-0.2, -0.15) is 0 Å². The fourth-order valence-corrected chi connectivity index (χ4v) is 4.70. The van der Waals surface area contributed by atoms with Gasteiger partial charge in [0.2, 0.25) is 5.76 Å². The van der Waals surface area contributed by atoms with Crippen LogP contribution < -0.4 is 10.2 Å². The summed E-state index contributed by atoms with van der Waals surface area (Å²) in [5, 5.41) is 0.852. The van der Waals surface area contributed by atoms with E-state index in [1.807, 2.05) is 69.3 Å². The zero-order valence-electron chi connectivity index (χ0n) is 19.9. The molecule has 0 saturated carbocycles. The number of benzene rings is 3. The Morgan fingerprint density at radius 3 is 2.54 bits per heavy atom. The Bertz CT molecular complexity index is 1490. The second-order valence-corrected chi connectivity index (χ2v) is 9.42. The van der Waals surface area contributed by atoms with Crippen molar-refractivity contribution in [2.75, 3.05) is 6.61 Å². The monoisotopic (exact) mass is 487 g/mol. The molecule has 5 rings (SSSR count). The first kappa shape index (κ1) is 23.2. The molecule has 0 radical (unpaired) electrons. The smallest absolute Gasteiger partial charge is 0.291 e. The summed E-state index contributed by atoms with van der Waals surface area (Å²) >= 11 is 6.34. The van der Waals surface area contributed by atoms with Crippen molar-refractivity contribution in [1.82, 2.24) is 4.90 Å². The van der Waals surface area contributed by atoms with Gasteiger partial charge in [0.05, 0.1) is 23.6 Å². The van der Waals surface area contributed by atoms with Gasteiger partial charge >= 0.3 is 0 Å². The number of fused-ring (bicyclic) bond motifs is 2. The molecule has 0 fully saturated rings. The standard InChI is InChI=1S/C29H26ClNO4/c1-4-12-34-21-7-5-6-20(14-21)26-25-27(32)22-15-23(30)18(3)13-24(22)35-28(25)29(33)31(26)16-19-10-8-17(2)9-11-19/h5-11,13-15,26H,4,12,16H2,1-3H3. The first-order valence-electron chi connectivity index (χ1n) is 11.7. The van der Waals surface area contributed by atoms with Gasteiger partial charge in [0.25, 0.3) is 5.91 Å². The van der Waals surface area contributed by atoms with Gasteiger partial charge in [-0.05, 0) is 61.2 Å². The molecule has 1 amide bonds. The van der Waals surface area contributed by atoms with Crippen molar-refractivity contribution < 1.29 is 13.9 Å². The summed E-state index contributed by atoms with van der Waals surface area (Å²) in [5.74, 6) is 0.475. The molecule has 4 aromatic rings. The number of amides is 1. The van der Waals surface area contributed by atoms with E-state index in [1.54, 1.807) is 17.0 Å². The predicted molar refractivity (Wildman–Crippen MR) is 137 cm³/mol. The number of hydrogen-bond donors (Lipinski definition) is 0.